The minimum Gasteiger partial charge on any atom is -0.375 e. The number of nitrogens with one attached hydrogen (secondary N) is 2. The summed E-state index contributed by atoms with van der Waals surface area (Å²) in [4.78, 5) is 29.1. The summed E-state index contributed by atoms with van der Waals surface area (Å²) in [6, 6.07) is 8.08. The molecule has 1 aromatic heterocycles. The average molecular weight is 343 g/mol. The van der Waals surface area contributed by atoms with Crippen molar-refractivity contribution in [2.45, 2.75) is 19.9 Å². The number of carbonyl (C=O) groups is 1. The lowest BCUT2D eigenvalue weighted by molar-refractivity contribution is -0.124. The predicted molar refractivity (Wildman–Crippen MR) is 97.6 cm³/mol. The van der Waals surface area contributed by atoms with E-state index in [0.717, 1.165) is 41.5 Å². The second kappa shape index (κ2) is 7.80. The highest BCUT2D eigenvalue weighted by Crippen LogP contribution is 2.19. The Hall–Kier alpha value is -2.18. The number of fused-ring (bicyclic) bond motifs is 1. The number of hydrogen-bond donors (Lipinski definition) is 2. The molecule has 0 radical (unpaired) electrons. The number of hydrogen-bond acceptors (Lipinski definition) is 4. The second-order valence-electron chi connectivity index (χ2n) is 6.84. The predicted octanol–water partition coefficient (Wildman–Crippen LogP) is 1.42. The number of pyridine rings is 1. The monoisotopic (exact) mass is 343 g/mol. The van der Waals surface area contributed by atoms with Crippen molar-refractivity contribution in [1.82, 2.24) is 15.2 Å². The standard InChI is InChI=1S/C19H25N3O3/c1-13-3-4-15-8-16(19(24)21-17(15)7-13)11-22-6-5-14(10-22)9-20-18(23)12-25-2/h3-4,7-8,14H,5-6,9-12H2,1-2H3,(H,20,23)(H,21,24)/t14-/m0/s1. The molecule has 1 aliphatic heterocycles. The van der Waals surface area contributed by atoms with Crippen molar-refractivity contribution in [3.05, 3.63) is 45.7 Å². The van der Waals surface area contributed by atoms with Crippen LogP contribution < -0.4 is 10.9 Å². The van der Waals surface area contributed by atoms with E-state index in [1.807, 2.05) is 25.1 Å². The van der Waals surface area contributed by atoms with Gasteiger partial charge in [-0.3, -0.25) is 14.5 Å². The lowest BCUT2D eigenvalue weighted by Gasteiger charge is -2.16. The Balaban J connectivity index is 1.61. The Morgan fingerprint density at radius 3 is 3.04 bits per heavy atom. The minimum absolute atomic E-state index is 0.0186. The molecule has 0 aliphatic carbocycles. The average Bonchev–Trinajstić information content (AvgIpc) is 3.02. The first-order valence-corrected chi connectivity index (χ1v) is 8.65. The quantitative estimate of drug-likeness (QED) is 0.832. The van der Waals surface area contributed by atoms with Crippen LogP contribution in [0.15, 0.2) is 29.1 Å². The number of aromatic nitrogens is 1. The molecule has 0 bridgehead atoms. The molecular weight excluding hydrogens is 318 g/mol. The number of likely N-dealkylation sites (tertiary alicyclic amines) is 1. The van der Waals surface area contributed by atoms with Gasteiger partial charge in [-0.1, -0.05) is 12.1 Å². The summed E-state index contributed by atoms with van der Waals surface area (Å²) < 4.78 is 4.81. The highest BCUT2D eigenvalue weighted by molar-refractivity contribution is 5.79. The molecule has 6 nitrogen and oxygen atoms in total. The number of carbonyl (C=O) groups excluding carboxylic acids is 1. The van der Waals surface area contributed by atoms with E-state index in [0.29, 0.717) is 19.0 Å². The summed E-state index contributed by atoms with van der Waals surface area (Å²) in [5.41, 5.74) is 2.79. The van der Waals surface area contributed by atoms with E-state index in [2.05, 4.69) is 21.3 Å². The maximum Gasteiger partial charge on any atom is 0.252 e. The lowest BCUT2D eigenvalue weighted by Crippen LogP contribution is -2.33. The molecule has 6 heteroatoms. The molecule has 3 rings (SSSR count). The molecule has 1 fully saturated rings. The van der Waals surface area contributed by atoms with Gasteiger partial charge in [0.25, 0.3) is 5.56 Å². The van der Waals surface area contributed by atoms with Gasteiger partial charge < -0.3 is 15.0 Å². The lowest BCUT2D eigenvalue weighted by atomic mass is 10.1. The maximum atomic E-state index is 12.3. The molecule has 2 N–H and O–H groups in total. The SMILES string of the molecule is COCC(=O)NC[C@@H]1CCN(Cc2cc3ccc(C)cc3[nH]c2=O)C1. The number of aryl methyl sites for hydroxylation is 1. The van der Waals surface area contributed by atoms with Crippen LogP contribution in [0.5, 0.6) is 0 Å². The Morgan fingerprint density at radius 2 is 2.24 bits per heavy atom. The summed E-state index contributed by atoms with van der Waals surface area (Å²) in [5, 5.41) is 3.95. The van der Waals surface area contributed by atoms with E-state index >= 15 is 0 Å². The Bertz CT molecular complexity index is 815. The van der Waals surface area contributed by atoms with Crippen molar-refractivity contribution in [3.63, 3.8) is 0 Å². The van der Waals surface area contributed by atoms with Crippen molar-refractivity contribution in [2.24, 2.45) is 5.92 Å². The largest absolute Gasteiger partial charge is 0.375 e. The highest BCUT2D eigenvalue weighted by Gasteiger charge is 2.23. The topological polar surface area (TPSA) is 74.4 Å². The maximum absolute atomic E-state index is 12.3. The number of rotatable bonds is 6. The van der Waals surface area contributed by atoms with Gasteiger partial charge in [0.2, 0.25) is 5.91 Å². The fourth-order valence-corrected chi connectivity index (χ4v) is 3.38. The molecule has 1 aromatic carbocycles. The first kappa shape index (κ1) is 17.6. The fourth-order valence-electron chi connectivity index (χ4n) is 3.38. The van der Waals surface area contributed by atoms with Crippen molar-refractivity contribution in [2.75, 3.05) is 33.4 Å². The molecule has 1 aliphatic rings. The number of aromatic amines is 1. The smallest absolute Gasteiger partial charge is 0.252 e. The summed E-state index contributed by atoms with van der Waals surface area (Å²) in [6.07, 6.45) is 1.03. The van der Waals surface area contributed by atoms with Gasteiger partial charge in [0.15, 0.2) is 0 Å². The molecule has 0 saturated carbocycles. The zero-order valence-corrected chi connectivity index (χ0v) is 14.8. The third-order valence-electron chi connectivity index (χ3n) is 4.71. The molecule has 1 amide bonds. The molecule has 2 aromatic rings. The summed E-state index contributed by atoms with van der Waals surface area (Å²) in [7, 11) is 1.51. The fraction of sp³-hybridized carbons (Fsp3) is 0.474. The van der Waals surface area contributed by atoms with Crippen LogP contribution in [-0.4, -0.2) is 49.1 Å². The number of amides is 1. The molecule has 0 spiro atoms. The molecule has 1 saturated heterocycles. The van der Waals surface area contributed by atoms with Crippen molar-refractivity contribution < 1.29 is 9.53 Å². The zero-order valence-electron chi connectivity index (χ0n) is 14.8. The van der Waals surface area contributed by atoms with Gasteiger partial charge in [-0.2, -0.15) is 0 Å². The van der Waals surface area contributed by atoms with Gasteiger partial charge in [0, 0.05) is 37.8 Å². The molecule has 25 heavy (non-hydrogen) atoms. The van der Waals surface area contributed by atoms with E-state index in [1.165, 1.54) is 7.11 Å². The van der Waals surface area contributed by atoms with Crippen molar-refractivity contribution in [3.8, 4) is 0 Å². The number of methoxy groups -OCH3 is 1. The Morgan fingerprint density at radius 1 is 1.40 bits per heavy atom. The summed E-state index contributed by atoms with van der Waals surface area (Å²) in [5.74, 6) is 0.338. The van der Waals surface area contributed by atoms with E-state index in [9.17, 15) is 9.59 Å². The van der Waals surface area contributed by atoms with Gasteiger partial charge in [-0.05, 0) is 48.9 Å². The van der Waals surface area contributed by atoms with E-state index in [4.69, 9.17) is 4.74 Å². The number of H-pyrrole nitrogens is 1. The van der Waals surface area contributed by atoms with Crippen LogP contribution in [0.25, 0.3) is 10.9 Å². The Labute approximate surface area is 147 Å². The van der Waals surface area contributed by atoms with Gasteiger partial charge in [0.1, 0.15) is 6.61 Å². The van der Waals surface area contributed by atoms with E-state index in [-0.39, 0.29) is 18.1 Å². The third-order valence-corrected chi connectivity index (χ3v) is 4.71. The van der Waals surface area contributed by atoms with Crippen molar-refractivity contribution >= 4 is 16.8 Å². The van der Waals surface area contributed by atoms with Gasteiger partial charge >= 0.3 is 0 Å². The summed E-state index contributed by atoms with van der Waals surface area (Å²) in [6.45, 7) is 5.24. The number of ether oxygens (including phenoxy) is 1. The zero-order chi connectivity index (χ0) is 17.8. The third kappa shape index (κ3) is 4.46. The summed E-state index contributed by atoms with van der Waals surface area (Å²) >= 11 is 0. The van der Waals surface area contributed by atoms with Crippen LogP contribution in [0, 0.1) is 12.8 Å². The van der Waals surface area contributed by atoms with E-state index < -0.39 is 0 Å². The molecule has 134 valence electrons. The minimum atomic E-state index is -0.0813. The van der Waals surface area contributed by atoms with Crippen LogP contribution in [0.1, 0.15) is 17.5 Å². The van der Waals surface area contributed by atoms with E-state index in [1.54, 1.807) is 0 Å². The highest BCUT2D eigenvalue weighted by atomic mass is 16.5. The first-order chi connectivity index (χ1) is 12.0. The van der Waals surface area contributed by atoms with Crippen molar-refractivity contribution in [1.29, 1.82) is 0 Å². The van der Waals surface area contributed by atoms with Crippen LogP contribution in [0.4, 0.5) is 0 Å². The van der Waals surface area contributed by atoms with Gasteiger partial charge in [-0.15, -0.1) is 0 Å². The van der Waals surface area contributed by atoms with Crippen LogP contribution in [0.2, 0.25) is 0 Å². The first-order valence-electron chi connectivity index (χ1n) is 8.65. The molecule has 0 unspecified atom stereocenters. The van der Waals surface area contributed by atoms with Gasteiger partial charge in [-0.25, -0.2) is 0 Å². The molecule has 1 atom stereocenters. The van der Waals surface area contributed by atoms with Gasteiger partial charge in [0.05, 0.1) is 0 Å². The molecule has 2 heterocycles. The van der Waals surface area contributed by atoms with Crippen LogP contribution in [0.3, 0.4) is 0 Å². The second-order valence-corrected chi connectivity index (χ2v) is 6.84. The Kier molecular flexibility index (Phi) is 5.50. The number of nitrogens with zero attached hydrogens (tertiary/aromatic N) is 1. The van der Waals surface area contributed by atoms with Crippen LogP contribution >= 0.6 is 0 Å². The van der Waals surface area contributed by atoms with Crippen LogP contribution in [-0.2, 0) is 16.1 Å². The molecular formula is C19H25N3O3. The number of benzene rings is 1. The normalized spacial score (nSPS) is 17.9.